The Balaban J connectivity index is 2.26. The van der Waals surface area contributed by atoms with E-state index in [9.17, 15) is 4.79 Å². The number of carbonyl (C=O) groups excluding carboxylic acids is 1. The van der Waals surface area contributed by atoms with Gasteiger partial charge in [0, 0.05) is 23.5 Å². The second kappa shape index (κ2) is 5.12. The maximum atomic E-state index is 12.1. The zero-order chi connectivity index (χ0) is 13.3. The minimum absolute atomic E-state index is 0.0257. The monoisotopic (exact) mass is 282 g/mol. The Morgan fingerprint density at radius 3 is 2.67 bits per heavy atom. The molecule has 94 valence electrons. The van der Waals surface area contributed by atoms with Gasteiger partial charge in [-0.25, -0.2) is 0 Å². The molecule has 0 saturated heterocycles. The summed E-state index contributed by atoms with van der Waals surface area (Å²) in [5.41, 5.74) is 2.12. The molecule has 0 bridgehead atoms. The van der Waals surface area contributed by atoms with Crippen molar-refractivity contribution in [3.05, 3.63) is 51.3 Å². The number of hydrogen-bond acceptors (Lipinski definition) is 2. The van der Waals surface area contributed by atoms with E-state index in [1.54, 1.807) is 36.0 Å². The first-order chi connectivity index (χ1) is 8.47. The van der Waals surface area contributed by atoms with Gasteiger partial charge in [-0.1, -0.05) is 23.2 Å². The van der Waals surface area contributed by atoms with Crippen LogP contribution in [0.2, 0.25) is 10.0 Å². The molecular weight excluding hydrogens is 271 g/mol. The van der Waals surface area contributed by atoms with Gasteiger partial charge >= 0.3 is 0 Å². The first kappa shape index (κ1) is 13.1. The molecule has 5 heteroatoms. The van der Waals surface area contributed by atoms with E-state index >= 15 is 0 Å². The van der Waals surface area contributed by atoms with Crippen molar-refractivity contribution in [2.45, 2.75) is 13.3 Å². The van der Waals surface area contributed by atoms with Gasteiger partial charge in [-0.15, -0.1) is 0 Å². The van der Waals surface area contributed by atoms with Crippen LogP contribution >= 0.6 is 23.2 Å². The Bertz CT molecular complexity index is 605. The summed E-state index contributed by atoms with van der Waals surface area (Å²) in [5, 5.41) is 5.27. The molecule has 0 atom stereocenters. The van der Waals surface area contributed by atoms with E-state index < -0.39 is 0 Å². The summed E-state index contributed by atoms with van der Waals surface area (Å²) in [6, 6.07) is 6.87. The van der Waals surface area contributed by atoms with E-state index in [4.69, 9.17) is 23.2 Å². The average molecular weight is 283 g/mol. The molecule has 0 radical (unpaired) electrons. The molecule has 1 aromatic carbocycles. The predicted molar refractivity (Wildman–Crippen MR) is 72.4 cm³/mol. The van der Waals surface area contributed by atoms with Gasteiger partial charge in [0.1, 0.15) is 5.69 Å². The maximum Gasteiger partial charge on any atom is 0.185 e. The van der Waals surface area contributed by atoms with Crippen LogP contribution in [0, 0.1) is 6.92 Å². The number of nitrogens with zero attached hydrogens (tertiary/aromatic N) is 2. The van der Waals surface area contributed by atoms with E-state index in [0.29, 0.717) is 15.7 Å². The fraction of sp³-hybridized carbons (Fsp3) is 0.231. The lowest BCUT2D eigenvalue weighted by atomic mass is 10.1. The zero-order valence-corrected chi connectivity index (χ0v) is 11.6. The highest BCUT2D eigenvalue weighted by molar-refractivity contribution is 6.33. The van der Waals surface area contributed by atoms with Gasteiger partial charge in [0.25, 0.3) is 0 Å². The number of ketones is 1. The lowest BCUT2D eigenvalue weighted by Crippen LogP contribution is -2.09. The lowest BCUT2D eigenvalue weighted by Gasteiger charge is -2.04. The molecule has 0 aliphatic carbocycles. The van der Waals surface area contributed by atoms with Crippen LogP contribution in [0.3, 0.4) is 0 Å². The maximum absolute atomic E-state index is 12.1. The smallest absolute Gasteiger partial charge is 0.185 e. The highest BCUT2D eigenvalue weighted by Crippen LogP contribution is 2.22. The average Bonchev–Trinajstić information content (AvgIpc) is 2.63. The van der Waals surface area contributed by atoms with Crippen LogP contribution in [0.1, 0.15) is 21.7 Å². The van der Waals surface area contributed by atoms with Crippen molar-refractivity contribution in [1.82, 2.24) is 9.78 Å². The second-order valence-electron chi connectivity index (χ2n) is 4.13. The second-order valence-corrected chi connectivity index (χ2v) is 4.97. The Kier molecular flexibility index (Phi) is 3.73. The summed E-state index contributed by atoms with van der Waals surface area (Å²) in [5.74, 6) is -0.0257. The number of carbonyl (C=O) groups is 1. The third-order valence-corrected chi connectivity index (χ3v) is 3.25. The molecule has 0 amide bonds. The number of hydrogen-bond donors (Lipinski definition) is 0. The topological polar surface area (TPSA) is 34.9 Å². The molecule has 2 aromatic rings. The molecule has 0 unspecified atom stereocenters. The van der Waals surface area contributed by atoms with Crippen molar-refractivity contribution in [2.75, 3.05) is 0 Å². The van der Waals surface area contributed by atoms with Gasteiger partial charge in [-0.3, -0.25) is 9.48 Å². The van der Waals surface area contributed by atoms with Gasteiger partial charge in [0.05, 0.1) is 5.69 Å². The summed E-state index contributed by atoms with van der Waals surface area (Å²) in [4.78, 5) is 12.1. The number of aryl methyl sites for hydroxylation is 2. The normalized spacial score (nSPS) is 10.7. The molecule has 1 heterocycles. The van der Waals surface area contributed by atoms with Crippen LogP contribution in [0.4, 0.5) is 0 Å². The standard InChI is InChI=1S/C13H12Cl2N2O/c1-8-5-12(17(2)16-8)13(18)7-9-6-10(14)3-4-11(9)15/h3-6H,7H2,1-2H3. The summed E-state index contributed by atoms with van der Waals surface area (Å²) in [7, 11) is 1.75. The molecule has 0 aliphatic heterocycles. The van der Waals surface area contributed by atoms with Gasteiger partial charge in [0.2, 0.25) is 0 Å². The van der Waals surface area contributed by atoms with Crippen molar-refractivity contribution in [2.24, 2.45) is 7.05 Å². The van der Waals surface area contributed by atoms with Crippen LogP contribution in [0.25, 0.3) is 0 Å². The molecule has 1 aromatic heterocycles. The minimum atomic E-state index is -0.0257. The third-order valence-electron chi connectivity index (χ3n) is 2.65. The number of benzene rings is 1. The first-order valence-corrected chi connectivity index (χ1v) is 6.20. The fourth-order valence-corrected chi connectivity index (χ4v) is 2.19. The van der Waals surface area contributed by atoms with Crippen molar-refractivity contribution < 1.29 is 4.79 Å². The Labute approximate surface area is 115 Å². The van der Waals surface area contributed by atoms with Crippen LogP contribution < -0.4 is 0 Å². The van der Waals surface area contributed by atoms with Crippen LogP contribution in [-0.2, 0) is 13.5 Å². The van der Waals surface area contributed by atoms with Crippen molar-refractivity contribution in [3.63, 3.8) is 0 Å². The van der Waals surface area contributed by atoms with E-state index in [-0.39, 0.29) is 12.2 Å². The fourth-order valence-electron chi connectivity index (χ4n) is 1.81. The van der Waals surface area contributed by atoms with Gasteiger partial charge in [0.15, 0.2) is 5.78 Å². The molecule has 0 fully saturated rings. The minimum Gasteiger partial charge on any atom is -0.292 e. The largest absolute Gasteiger partial charge is 0.292 e. The van der Waals surface area contributed by atoms with Crippen molar-refractivity contribution in [1.29, 1.82) is 0 Å². The zero-order valence-electron chi connectivity index (χ0n) is 10.1. The first-order valence-electron chi connectivity index (χ1n) is 5.45. The number of rotatable bonds is 3. The Morgan fingerprint density at radius 1 is 1.33 bits per heavy atom. The van der Waals surface area contributed by atoms with Crippen molar-refractivity contribution in [3.8, 4) is 0 Å². The molecule has 0 N–H and O–H groups in total. The Morgan fingerprint density at radius 2 is 2.06 bits per heavy atom. The van der Waals surface area contributed by atoms with E-state index in [1.165, 1.54) is 0 Å². The van der Waals surface area contributed by atoms with Crippen LogP contribution in [-0.4, -0.2) is 15.6 Å². The summed E-state index contributed by atoms with van der Waals surface area (Å²) < 4.78 is 1.58. The summed E-state index contributed by atoms with van der Waals surface area (Å²) >= 11 is 11.9. The highest BCUT2D eigenvalue weighted by atomic mass is 35.5. The van der Waals surface area contributed by atoms with Gasteiger partial charge in [-0.2, -0.15) is 5.10 Å². The highest BCUT2D eigenvalue weighted by Gasteiger charge is 2.14. The van der Waals surface area contributed by atoms with Gasteiger partial charge in [-0.05, 0) is 36.8 Å². The summed E-state index contributed by atoms with van der Waals surface area (Å²) in [6.07, 6.45) is 0.221. The molecule has 0 spiro atoms. The van der Waals surface area contributed by atoms with E-state index in [2.05, 4.69) is 5.10 Å². The van der Waals surface area contributed by atoms with Gasteiger partial charge < -0.3 is 0 Å². The number of aromatic nitrogens is 2. The quantitative estimate of drug-likeness (QED) is 0.808. The summed E-state index contributed by atoms with van der Waals surface area (Å²) in [6.45, 7) is 1.85. The van der Waals surface area contributed by atoms with E-state index in [1.807, 2.05) is 6.92 Å². The van der Waals surface area contributed by atoms with E-state index in [0.717, 1.165) is 11.3 Å². The molecule has 18 heavy (non-hydrogen) atoms. The number of halogens is 2. The molecule has 2 rings (SSSR count). The SMILES string of the molecule is Cc1cc(C(=O)Cc2cc(Cl)ccc2Cl)n(C)n1. The van der Waals surface area contributed by atoms with Crippen molar-refractivity contribution >= 4 is 29.0 Å². The lowest BCUT2D eigenvalue weighted by molar-refractivity contribution is 0.0984. The number of Topliss-reactive ketones (excluding diaryl/α,β-unsaturated/α-hetero) is 1. The van der Waals surface area contributed by atoms with Crippen LogP contribution in [0.5, 0.6) is 0 Å². The predicted octanol–water partition coefficient (Wildman–Crippen LogP) is 3.46. The molecule has 0 saturated carbocycles. The third kappa shape index (κ3) is 2.74. The van der Waals surface area contributed by atoms with Crippen LogP contribution in [0.15, 0.2) is 24.3 Å². The molecule has 3 nitrogen and oxygen atoms in total. The Hall–Kier alpha value is -1.32. The molecule has 0 aliphatic rings. The molecular formula is C13H12Cl2N2O.